The van der Waals surface area contributed by atoms with Gasteiger partial charge in [-0.1, -0.05) is 23.8 Å². The number of fused-ring (bicyclic) bond motifs is 3. The van der Waals surface area contributed by atoms with Crippen molar-refractivity contribution in [2.24, 2.45) is 5.73 Å². The van der Waals surface area contributed by atoms with Gasteiger partial charge < -0.3 is 24.5 Å². The molecule has 178 valence electrons. The third kappa shape index (κ3) is 4.20. The topological polar surface area (TPSA) is 125 Å². The quantitative estimate of drug-likeness (QED) is 0.529. The van der Waals surface area contributed by atoms with Gasteiger partial charge in [-0.2, -0.15) is 8.42 Å². The Kier molecular flexibility index (Phi) is 6.24. The van der Waals surface area contributed by atoms with Gasteiger partial charge in [0.2, 0.25) is 11.2 Å². The molecule has 8 nitrogen and oxygen atoms in total. The van der Waals surface area contributed by atoms with Crippen molar-refractivity contribution in [2.45, 2.75) is 30.7 Å². The summed E-state index contributed by atoms with van der Waals surface area (Å²) in [5.74, 6) is -0.112. The minimum absolute atomic E-state index is 0.00639. The van der Waals surface area contributed by atoms with E-state index in [4.69, 9.17) is 19.4 Å². The summed E-state index contributed by atoms with van der Waals surface area (Å²) in [7, 11) is -1.34. The molecule has 3 aromatic rings. The Morgan fingerprint density at radius 3 is 2.32 bits per heavy atom. The number of aryl methyl sites for hydroxylation is 2. The number of ether oxygens (including phenoxy) is 2. The first-order valence-corrected chi connectivity index (χ1v) is 12.0. The molecule has 0 aromatic heterocycles. The average Bonchev–Trinajstić information content (AvgIpc) is 3.03. The van der Waals surface area contributed by atoms with Crippen LogP contribution in [0, 0.1) is 6.92 Å². The molecule has 3 N–H and O–H groups in total. The zero-order chi connectivity index (χ0) is 24.6. The summed E-state index contributed by atoms with van der Waals surface area (Å²) in [5.41, 5.74) is 9.17. The second kappa shape index (κ2) is 9.00. The van der Waals surface area contributed by atoms with E-state index in [1.165, 1.54) is 38.5 Å². The zero-order valence-electron chi connectivity index (χ0n) is 19.0. The maximum absolute atomic E-state index is 13.0. The number of hydrogen-bond acceptors (Lipinski definition) is 8. The Hall–Kier alpha value is -3.56. The number of aromatic hydroxyl groups is 1. The Labute approximate surface area is 197 Å². The molecule has 4 rings (SSSR count). The van der Waals surface area contributed by atoms with Crippen LogP contribution in [-0.2, 0) is 16.5 Å². The molecule has 0 fully saturated rings. The van der Waals surface area contributed by atoms with Crippen LogP contribution in [0.3, 0.4) is 0 Å². The number of nitrogens with two attached hydrogens (primary N) is 1. The second-order valence-electron chi connectivity index (χ2n) is 8.07. The second-order valence-corrected chi connectivity index (χ2v) is 9.61. The molecule has 1 aliphatic carbocycles. The van der Waals surface area contributed by atoms with Crippen molar-refractivity contribution in [3.63, 3.8) is 0 Å². The van der Waals surface area contributed by atoms with Crippen molar-refractivity contribution >= 4 is 10.1 Å². The van der Waals surface area contributed by atoms with E-state index >= 15 is 0 Å². The van der Waals surface area contributed by atoms with E-state index in [1.807, 2.05) is 6.92 Å². The fraction of sp³-hybridized carbons (Fsp3) is 0.240. The fourth-order valence-corrected chi connectivity index (χ4v) is 5.04. The van der Waals surface area contributed by atoms with Crippen LogP contribution in [0.4, 0.5) is 0 Å². The summed E-state index contributed by atoms with van der Waals surface area (Å²) in [6.45, 7) is 1.86. The molecule has 0 heterocycles. The van der Waals surface area contributed by atoms with Gasteiger partial charge in [0.05, 0.1) is 14.2 Å². The predicted octanol–water partition coefficient (Wildman–Crippen LogP) is 3.46. The molecule has 0 amide bonds. The molecular formula is C25H25NO7S. The van der Waals surface area contributed by atoms with E-state index in [0.717, 1.165) is 5.56 Å². The first-order valence-electron chi connectivity index (χ1n) is 10.6. The summed E-state index contributed by atoms with van der Waals surface area (Å²) in [6.07, 6.45) is 0.945. The summed E-state index contributed by atoms with van der Waals surface area (Å²) in [5, 5.41) is 9.97. The van der Waals surface area contributed by atoms with E-state index < -0.39 is 27.3 Å². The highest BCUT2D eigenvalue weighted by atomic mass is 32.2. The maximum atomic E-state index is 13.0. The minimum atomic E-state index is -4.15. The van der Waals surface area contributed by atoms with E-state index in [-0.39, 0.29) is 22.1 Å². The molecule has 9 heteroatoms. The number of hydrogen-bond donors (Lipinski definition) is 2. The van der Waals surface area contributed by atoms with Gasteiger partial charge in [0.1, 0.15) is 4.90 Å². The van der Waals surface area contributed by atoms with Gasteiger partial charge in [-0.15, -0.1) is 0 Å². The van der Waals surface area contributed by atoms with Crippen molar-refractivity contribution in [3.8, 4) is 34.1 Å². The van der Waals surface area contributed by atoms with Crippen LogP contribution < -0.4 is 24.8 Å². The highest BCUT2D eigenvalue weighted by Gasteiger charge is 2.30. The predicted molar refractivity (Wildman–Crippen MR) is 127 cm³/mol. The van der Waals surface area contributed by atoms with E-state index in [9.17, 15) is 18.3 Å². The Morgan fingerprint density at radius 2 is 1.68 bits per heavy atom. The number of rotatable bonds is 5. The summed E-state index contributed by atoms with van der Waals surface area (Å²) >= 11 is 0. The zero-order valence-corrected chi connectivity index (χ0v) is 19.8. The molecule has 3 aromatic carbocycles. The van der Waals surface area contributed by atoms with Crippen LogP contribution in [-0.4, -0.2) is 27.7 Å². The standard InChI is InChI=1S/C25H25NO7S/c1-14-4-7-16(8-5-14)34(29,30)33-22-12-15-6-10-19(26)18-13-21(28)20(27)11-9-17(18)23(15)25(32-3)24(22)31-2/h4-5,7-9,11-13,19H,6,10,26H2,1-3H3,(H,27,28). The first kappa shape index (κ1) is 23.6. The lowest BCUT2D eigenvalue weighted by molar-refractivity contribution is 0.343. The van der Waals surface area contributed by atoms with Crippen LogP contribution in [0.15, 0.2) is 58.2 Å². The first-order chi connectivity index (χ1) is 16.2. The lowest BCUT2D eigenvalue weighted by atomic mass is 9.95. The van der Waals surface area contributed by atoms with Gasteiger partial charge in [0.25, 0.3) is 0 Å². The van der Waals surface area contributed by atoms with Crippen molar-refractivity contribution in [2.75, 3.05) is 14.2 Å². The Balaban J connectivity index is 1.95. The van der Waals surface area contributed by atoms with Gasteiger partial charge >= 0.3 is 10.1 Å². The molecule has 1 aliphatic rings. The summed E-state index contributed by atoms with van der Waals surface area (Å²) in [4.78, 5) is 12.3. The summed E-state index contributed by atoms with van der Waals surface area (Å²) < 4.78 is 42.7. The molecule has 1 unspecified atom stereocenters. The molecule has 34 heavy (non-hydrogen) atoms. The van der Waals surface area contributed by atoms with Crippen molar-refractivity contribution in [1.29, 1.82) is 0 Å². The third-order valence-corrected chi connectivity index (χ3v) is 7.10. The van der Waals surface area contributed by atoms with E-state index in [0.29, 0.717) is 35.1 Å². The van der Waals surface area contributed by atoms with Crippen LogP contribution in [0.5, 0.6) is 23.0 Å². The average molecular weight is 484 g/mol. The maximum Gasteiger partial charge on any atom is 0.339 e. The van der Waals surface area contributed by atoms with Crippen LogP contribution in [0.1, 0.15) is 29.2 Å². The van der Waals surface area contributed by atoms with Crippen molar-refractivity contribution in [3.05, 3.63) is 75.4 Å². The van der Waals surface area contributed by atoms with E-state index in [1.54, 1.807) is 24.3 Å². The third-order valence-electron chi connectivity index (χ3n) is 5.85. The fourth-order valence-electron chi connectivity index (χ4n) is 4.12. The van der Waals surface area contributed by atoms with Crippen molar-refractivity contribution < 1.29 is 27.2 Å². The van der Waals surface area contributed by atoms with Gasteiger partial charge in [0, 0.05) is 11.6 Å². The van der Waals surface area contributed by atoms with Gasteiger partial charge in [-0.05, 0) is 66.8 Å². The van der Waals surface area contributed by atoms with Gasteiger partial charge in [-0.3, -0.25) is 4.79 Å². The van der Waals surface area contributed by atoms with Crippen LogP contribution in [0.25, 0.3) is 11.1 Å². The number of methoxy groups -OCH3 is 2. The highest BCUT2D eigenvalue weighted by Crippen LogP contribution is 2.50. The van der Waals surface area contributed by atoms with E-state index in [2.05, 4.69) is 0 Å². The highest BCUT2D eigenvalue weighted by molar-refractivity contribution is 7.87. The molecule has 1 atom stereocenters. The molecular weight excluding hydrogens is 458 g/mol. The Bertz CT molecular complexity index is 1420. The molecule has 0 saturated carbocycles. The smallest absolute Gasteiger partial charge is 0.339 e. The van der Waals surface area contributed by atoms with Gasteiger partial charge in [0.15, 0.2) is 17.2 Å². The van der Waals surface area contributed by atoms with Gasteiger partial charge in [-0.25, -0.2) is 0 Å². The van der Waals surface area contributed by atoms with Crippen LogP contribution in [0.2, 0.25) is 0 Å². The molecule has 0 bridgehead atoms. The monoisotopic (exact) mass is 483 g/mol. The molecule has 0 radical (unpaired) electrons. The summed E-state index contributed by atoms with van der Waals surface area (Å²) in [6, 6.07) is 11.6. The molecule has 0 aliphatic heterocycles. The minimum Gasteiger partial charge on any atom is -0.504 e. The van der Waals surface area contributed by atoms with Crippen LogP contribution >= 0.6 is 0 Å². The largest absolute Gasteiger partial charge is 0.504 e. The number of benzene rings is 2. The lowest BCUT2D eigenvalue weighted by Crippen LogP contribution is -2.12. The Morgan fingerprint density at radius 1 is 1.00 bits per heavy atom. The lowest BCUT2D eigenvalue weighted by Gasteiger charge is -2.20. The molecule has 0 saturated heterocycles. The van der Waals surface area contributed by atoms with Crippen molar-refractivity contribution in [1.82, 2.24) is 0 Å². The normalized spacial score (nSPS) is 15.0. The molecule has 0 spiro atoms. The SMILES string of the molecule is COc1c(OS(=O)(=O)c2ccc(C)cc2)cc2c(c1OC)-c1ccc(O)c(=O)cc1C(N)CC2.